The zero-order valence-corrected chi connectivity index (χ0v) is 17.8. The van der Waals surface area contributed by atoms with Crippen molar-refractivity contribution in [1.82, 2.24) is 0 Å². The minimum absolute atomic E-state index is 0.00133. The zero-order chi connectivity index (χ0) is 20.7. The third-order valence-electron chi connectivity index (χ3n) is 6.99. The van der Waals surface area contributed by atoms with Crippen molar-refractivity contribution in [2.24, 2.45) is 10.8 Å². The Morgan fingerprint density at radius 1 is 0.931 bits per heavy atom. The fraction of sp³-hybridized carbons (Fsp3) is 0.680. The van der Waals surface area contributed by atoms with Gasteiger partial charge in [-0.25, -0.2) is 0 Å². The average molecular weight is 401 g/mol. The first-order valence-electron chi connectivity index (χ1n) is 11.4. The highest BCUT2D eigenvalue weighted by atomic mass is 16.5. The summed E-state index contributed by atoms with van der Waals surface area (Å²) in [6, 6.07) is 9.80. The van der Waals surface area contributed by atoms with Crippen molar-refractivity contribution in [3.8, 4) is 0 Å². The number of rotatable bonds is 14. The summed E-state index contributed by atoms with van der Waals surface area (Å²) < 4.78 is 5.54. The number of carbonyl (C=O) groups is 2. The first-order valence-corrected chi connectivity index (χ1v) is 11.4. The van der Waals surface area contributed by atoms with Gasteiger partial charge in [-0.2, -0.15) is 0 Å². The van der Waals surface area contributed by atoms with Gasteiger partial charge < -0.3 is 9.84 Å². The van der Waals surface area contributed by atoms with E-state index in [1.165, 1.54) is 0 Å². The lowest BCUT2D eigenvalue weighted by Crippen LogP contribution is -2.19. The Morgan fingerprint density at radius 2 is 1.48 bits per heavy atom. The van der Waals surface area contributed by atoms with Gasteiger partial charge in [0.15, 0.2) is 0 Å². The number of aliphatic hydroxyl groups is 1. The van der Waals surface area contributed by atoms with Crippen LogP contribution in [0.25, 0.3) is 0 Å². The van der Waals surface area contributed by atoms with Crippen LogP contribution in [0.3, 0.4) is 0 Å². The van der Waals surface area contributed by atoms with E-state index in [4.69, 9.17) is 4.74 Å². The van der Waals surface area contributed by atoms with Crippen molar-refractivity contribution < 1.29 is 19.4 Å². The van der Waals surface area contributed by atoms with Crippen LogP contribution in [0.1, 0.15) is 89.5 Å². The molecule has 0 radical (unpaired) electrons. The number of esters is 1. The van der Waals surface area contributed by atoms with Crippen molar-refractivity contribution >= 4 is 11.8 Å². The largest absolute Gasteiger partial charge is 0.460 e. The summed E-state index contributed by atoms with van der Waals surface area (Å²) >= 11 is 0. The van der Waals surface area contributed by atoms with E-state index >= 15 is 0 Å². The van der Waals surface area contributed by atoms with Gasteiger partial charge >= 0.3 is 5.97 Å². The smallest absolute Gasteiger partial charge is 0.312 e. The summed E-state index contributed by atoms with van der Waals surface area (Å²) in [5.74, 6) is 0.288. The molecule has 29 heavy (non-hydrogen) atoms. The van der Waals surface area contributed by atoms with Crippen LogP contribution in [-0.4, -0.2) is 23.0 Å². The van der Waals surface area contributed by atoms with Gasteiger partial charge in [0.1, 0.15) is 12.4 Å². The Hall–Kier alpha value is -1.68. The number of aliphatic hydroxyl groups excluding tert-OH is 1. The van der Waals surface area contributed by atoms with Gasteiger partial charge in [-0.1, -0.05) is 56.0 Å². The highest BCUT2D eigenvalue weighted by Crippen LogP contribution is 2.51. The Labute approximate surface area is 175 Å². The normalized spacial score (nSPS) is 19.4. The maximum atomic E-state index is 12.4. The standard InChI is InChI=1S/C25H36O4/c1-20(26)24(15-16-24)13-7-5-11-22(27)12-6-8-14-25(17-18-25)23(28)29-19-21-9-3-2-4-10-21/h2-4,9-10,22,27H,5-8,11-19H2,1H3. The van der Waals surface area contributed by atoms with Crippen LogP contribution in [0.4, 0.5) is 0 Å². The molecule has 2 aliphatic rings. The summed E-state index contributed by atoms with van der Waals surface area (Å²) in [6.07, 6.45) is 11.1. The summed E-state index contributed by atoms with van der Waals surface area (Å²) in [4.78, 5) is 24.0. The molecular formula is C25H36O4. The van der Waals surface area contributed by atoms with E-state index in [1.807, 2.05) is 30.3 Å². The van der Waals surface area contributed by atoms with E-state index < -0.39 is 0 Å². The highest BCUT2D eigenvalue weighted by Gasteiger charge is 2.50. The van der Waals surface area contributed by atoms with Crippen LogP contribution in [0.5, 0.6) is 0 Å². The molecule has 0 heterocycles. The van der Waals surface area contributed by atoms with E-state index in [-0.39, 0.29) is 22.9 Å². The van der Waals surface area contributed by atoms with Crippen LogP contribution in [-0.2, 0) is 20.9 Å². The van der Waals surface area contributed by atoms with Gasteiger partial charge in [0.05, 0.1) is 11.5 Å². The molecule has 1 N–H and O–H groups in total. The molecule has 3 rings (SSSR count). The Bertz CT molecular complexity index is 673. The van der Waals surface area contributed by atoms with Gasteiger partial charge in [-0.05, 0) is 63.9 Å². The van der Waals surface area contributed by atoms with E-state index in [2.05, 4.69) is 0 Å². The van der Waals surface area contributed by atoms with Crippen molar-refractivity contribution in [1.29, 1.82) is 0 Å². The number of ketones is 1. The van der Waals surface area contributed by atoms with Gasteiger partial charge in [0, 0.05) is 5.41 Å². The van der Waals surface area contributed by atoms with Crippen LogP contribution in [0.15, 0.2) is 30.3 Å². The number of hydrogen-bond acceptors (Lipinski definition) is 4. The quantitative estimate of drug-likeness (QED) is 0.337. The lowest BCUT2D eigenvalue weighted by Gasteiger charge is -2.16. The summed E-state index contributed by atoms with van der Waals surface area (Å²) in [5.41, 5.74) is 0.764. The van der Waals surface area contributed by atoms with Crippen LogP contribution in [0.2, 0.25) is 0 Å². The zero-order valence-electron chi connectivity index (χ0n) is 17.8. The third-order valence-corrected chi connectivity index (χ3v) is 6.99. The lowest BCUT2D eigenvalue weighted by molar-refractivity contribution is -0.152. The number of hydrogen-bond donors (Lipinski definition) is 1. The highest BCUT2D eigenvalue weighted by molar-refractivity contribution is 5.84. The number of Topliss-reactive ketones (excluding diaryl/α,β-unsaturated/α-hetero) is 1. The van der Waals surface area contributed by atoms with E-state index in [9.17, 15) is 14.7 Å². The molecule has 0 saturated heterocycles. The minimum atomic E-state index is -0.261. The van der Waals surface area contributed by atoms with Crippen LogP contribution in [0, 0.1) is 10.8 Å². The van der Waals surface area contributed by atoms with Gasteiger partial charge in [-0.15, -0.1) is 0 Å². The van der Waals surface area contributed by atoms with Crippen LogP contribution >= 0.6 is 0 Å². The van der Waals surface area contributed by atoms with Crippen molar-refractivity contribution in [2.75, 3.05) is 0 Å². The van der Waals surface area contributed by atoms with Crippen LogP contribution < -0.4 is 0 Å². The SMILES string of the molecule is CC(=O)C1(CCCCC(O)CCCCC2(C(=O)OCc3ccccc3)CC2)CC1. The molecule has 0 aliphatic heterocycles. The molecule has 1 atom stereocenters. The molecule has 0 aromatic heterocycles. The molecule has 4 nitrogen and oxygen atoms in total. The topological polar surface area (TPSA) is 63.6 Å². The molecule has 160 valence electrons. The Morgan fingerprint density at radius 3 is 2.00 bits per heavy atom. The number of carbonyl (C=O) groups excluding carboxylic acids is 2. The Kier molecular flexibility index (Phi) is 7.50. The predicted molar refractivity (Wildman–Crippen MR) is 113 cm³/mol. The monoisotopic (exact) mass is 400 g/mol. The maximum Gasteiger partial charge on any atom is 0.312 e. The van der Waals surface area contributed by atoms with Gasteiger partial charge in [0.2, 0.25) is 0 Å². The first kappa shape index (κ1) is 22.0. The molecule has 2 aliphatic carbocycles. The number of ether oxygens (including phenoxy) is 1. The number of unbranched alkanes of at least 4 members (excludes halogenated alkanes) is 2. The lowest BCUT2D eigenvalue weighted by atomic mass is 9.93. The summed E-state index contributed by atoms with van der Waals surface area (Å²) in [6.45, 7) is 2.07. The first-order chi connectivity index (χ1) is 14.0. The van der Waals surface area contributed by atoms with Gasteiger partial charge in [0.25, 0.3) is 0 Å². The molecule has 1 aromatic carbocycles. The van der Waals surface area contributed by atoms with E-state index in [1.54, 1.807) is 6.92 Å². The second-order valence-corrected chi connectivity index (χ2v) is 9.32. The van der Waals surface area contributed by atoms with E-state index in [0.717, 1.165) is 82.6 Å². The van der Waals surface area contributed by atoms with Gasteiger partial charge in [-0.3, -0.25) is 9.59 Å². The second kappa shape index (κ2) is 9.88. The second-order valence-electron chi connectivity index (χ2n) is 9.32. The minimum Gasteiger partial charge on any atom is -0.460 e. The molecule has 4 heteroatoms. The maximum absolute atomic E-state index is 12.4. The molecule has 0 spiro atoms. The predicted octanol–water partition coefficient (Wildman–Crippen LogP) is 5.36. The van der Waals surface area contributed by atoms with Crippen molar-refractivity contribution in [3.05, 3.63) is 35.9 Å². The van der Waals surface area contributed by atoms with Crippen molar-refractivity contribution in [2.45, 2.75) is 96.7 Å². The molecule has 0 amide bonds. The third kappa shape index (κ3) is 6.40. The molecule has 1 unspecified atom stereocenters. The molecular weight excluding hydrogens is 364 g/mol. The average Bonchev–Trinajstić information content (AvgIpc) is 3.63. The van der Waals surface area contributed by atoms with E-state index in [0.29, 0.717) is 12.4 Å². The van der Waals surface area contributed by atoms with Crippen molar-refractivity contribution in [3.63, 3.8) is 0 Å². The molecule has 2 fully saturated rings. The summed E-state index contributed by atoms with van der Waals surface area (Å²) in [7, 11) is 0. The summed E-state index contributed by atoms with van der Waals surface area (Å²) in [5, 5.41) is 10.2. The Balaban J connectivity index is 1.24. The molecule has 2 saturated carbocycles. The number of benzene rings is 1. The fourth-order valence-electron chi connectivity index (χ4n) is 4.34. The molecule has 1 aromatic rings. The fourth-order valence-corrected chi connectivity index (χ4v) is 4.34. The molecule has 0 bridgehead atoms.